The van der Waals surface area contributed by atoms with Gasteiger partial charge in [-0.15, -0.1) is 0 Å². The SMILES string of the molecule is COc1ccc2c(NCc3ccc(B(O)O)cc3)nc(Cl)nc2c1. The van der Waals surface area contributed by atoms with Crippen LogP contribution >= 0.6 is 11.6 Å². The van der Waals surface area contributed by atoms with Crippen molar-refractivity contribution in [3.05, 3.63) is 53.3 Å². The highest BCUT2D eigenvalue weighted by Gasteiger charge is 2.11. The Morgan fingerprint density at radius 3 is 2.54 bits per heavy atom. The zero-order valence-corrected chi connectivity index (χ0v) is 13.7. The van der Waals surface area contributed by atoms with Gasteiger partial charge in [-0.2, -0.15) is 0 Å². The van der Waals surface area contributed by atoms with Gasteiger partial charge in [0.05, 0.1) is 12.6 Å². The number of methoxy groups -OCH3 is 1. The highest BCUT2D eigenvalue weighted by molar-refractivity contribution is 6.58. The van der Waals surface area contributed by atoms with Crippen molar-refractivity contribution in [3.63, 3.8) is 0 Å². The van der Waals surface area contributed by atoms with Crippen molar-refractivity contribution in [1.29, 1.82) is 0 Å². The summed E-state index contributed by atoms with van der Waals surface area (Å²) in [6, 6.07) is 12.5. The molecule has 1 heterocycles. The Bertz CT molecular complexity index is 859. The van der Waals surface area contributed by atoms with E-state index in [9.17, 15) is 0 Å². The van der Waals surface area contributed by atoms with Crippen molar-refractivity contribution in [2.45, 2.75) is 6.54 Å². The summed E-state index contributed by atoms with van der Waals surface area (Å²) in [7, 11) is 0.127. The third kappa shape index (κ3) is 3.59. The number of benzene rings is 2. The predicted octanol–water partition coefficient (Wildman–Crippen LogP) is 1.58. The summed E-state index contributed by atoms with van der Waals surface area (Å²) < 4.78 is 5.20. The lowest BCUT2D eigenvalue weighted by atomic mass is 9.80. The minimum atomic E-state index is -1.47. The topological polar surface area (TPSA) is 87.5 Å². The molecular formula is C16H15BClN3O3. The summed E-state index contributed by atoms with van der Waals surface area (Å²) in [5.41, 5.74) is 2.10. The fourth-order valence-corrected chi connectivity index (χ4v) is 2.51. The maximum absolute atomic E-state index is 9.11. The van der Waals surface area contributed by atoms with Crippen LogP contribution in [0, 0.1) is 0 Å². The van der Waals surface area contributed by atoms with Crippen LogP contribution in [0.4, 0.5) is 5.82 Å². The Kier molecular flexibility index (Phi) is 4.85. The maximum atomic E-state index is 9.11. The predicted molar refractivity (Wildman–Crippen MR) is 94.7 cm³/mol. The quantitative estimate of drug-likeness (QED) is 0.482. The van der Waals surface area contributed by atoms with E-state index in [1.165, 1.54) is 0 Å². The number of hydrogen-bond acceptors (Lipinski definition) is 6. The summed E-state index contributed by atoms with van der Waals surface area (Å²) in [6.45, 7) is 0.510. The van der Waals surface area contributed by atoms with Crippen molar-refractivity contribution in [3.8, 4) is 5.75 Å². The molecular weight excluding hydrogens is 328 g/mol. The highest BCUT2D eigenvalue weighted by Crippen LogP contribution is 2.26. The zero-order valence-electron chi connectivity index (χ0n) is 12.9. The summed E-state index contributed by atoms with van der Waals surface area (Å²) >= 11 is 6.00. The largest absolute Gasteiger partial charge is 0.497 e. The summed E-state index contributed by atoms with van der Waals surface area (Å²) in [5, 5.41) is 22.4. The van der Waals surface area contributed by atoms with E-state index in [-0.39, 0.29) is 5.28 Å². The molecule has 0 radical (unpaired) electrons. The number of nitrogens with zero attached hydrogens (tertiary/aromatic N) is 2. The van der Waals surface area contributed by atoms with Gasteiger partial charge in [-0.25, -0.2) is 9.97 Å². The molecule has 0 spiro atoms. The van der Waals surface area contributed by atoms with Crippen molar-refractivity contribution in [2.24, 2.45) is 0 Å². The fourth-order valence-electron chi connectivity index (χ4n) is 2.34. The molecule has 0 aliphatic heterocycles. The van der Waals surface area contributed by atoms with Gasteiger partial charge >= 0.3 is 7.12 Å². The van der Waals surface area contributed by atoms with Crippen LogP contribution in [-0.4, -0.2) is 34.2 Å². The van der Waals surface area contributed by atoms with E-state index in [4.69, 9.17) is 26.4 Å². The Morgan fingerprint density at radius 1 is 1.12 bits per heavy atom. The average molecular weight is 344 g/mol. The van der Waals surface area contributed by atoms with Crippen LogP contribution in [0.1, 0.15) is 5.56 Å². The Morgan fingerprint density at radius 2 is 1.88 bits per heavy atom. The van der Waals surface area contributed by atoms with E-state index >= 15 is 0 Å². The number of aromatic nitrogens is 2. The minimum absolute atomic E-state index is 0.150. The lowest BCUT2D eigenvalue weighted by Crippen LogP contribution is -2.29. The molecule has 2 aromatic carbocycles. The Labute approximate surface area is 144 Å². The second-order valence-corrected chi connectivity index (χ2v) is 5.53. The van der Waals surface area contributed by atoms with Crippen LogP contribution in [0.3, 0.4) is 0 Å². The second-order valence-electron chi connectivity index (χ2n) is 5.19. The number of nitrogens with one attached hydrogen (secondary N) is 1. The molecule has 6 nitrogen and oxygen atoms in total. The normalized spacial score (nSPS) is 10.7. The standard InChI is InChI=1S/C16H15BClN3O3/c1-24-12-6-7-13-14(8-12)20-16(18)21-15(13)19-9-10-2-4-11(5-3-10)17(22)23/h2-8,22-23H,9H2,1H3,(H,19,20,21). The maximum Gasteiger partial charge on any atom is 0.488 e. The number of anilines is 1. The van der Waals surface area contributed by atoms with Gasteiger partial charge in [0, 0.05) is 18.0 Å². The lowest BCUT2D eigenvalue weighted by Gasteiger charge is -2.10. The van der Waals surface area contributed by atoms with Crippen LogP contribution < -0.4 is 15.5 Å². The molecule has 3 rings (SSSR count). The van der Waals surface area contributed by atoms with Gasteiger partial charge in [0.25, 0.3) is 0 Å². The van der Waals surface area contributed by atoms with E-state index in [2.05, 4.69) is 15.3 Å². The first-order chi connectivity index (χ1) is 11.6. The van der Waals surface area contributed by atoms with Crippen LogP contribution in [0.2, 0.25) is 5.28 Å². The molecule has 0 amide bonds. The molecule has 0 atom stereocenters. The van der Waals surface area contributed by atoms with Gasteiger partial charge in [0.15, 0.2) is 0 Å². The summed E-state index contributed by atoms with van der Waals surface area (Å²) in [5.74, 6) is 1.32. The van der Waals surface area contributed by atoms with Gasteiger partial charge in [0.2, 0.25) is 5.28 Å². The first-order valence-corrected chi connectivity index (χ1v) is 7.65. The van der Waals surface area contributed by atoms with E-state index in [0.29, 0.717) is 29.1 Å². The first-order valence-electron chi connectivity index (χ1n) is 7.27. The molecule has 3 N–H and O–H groups in total. The van der Waals surface area contributed by atoms with E-state index in [0.717, 1.165) is 10.9 Å². The molecule has 8 heteroatoms. The lowest BCUT2D eigenvalue weighted by molar-refractivity contribution is 0.415. The third-order valence-corrected chi connectivity index (χ3v) is 3.78. The van der Waals surface area contributed by atoms with Crippen LogP contribution in [0.5, 0.6) is 5.75 Å². The fraction of sp³-hybridized carbons (Fsp3) is 0.125. The molecule has 1 aromatic heterocycles. The Balaban J connectivity index is 1.84. The van der Waals surface area contributed by atoms with Crippen LogP contribution in [0.15, 0.2) is 42.5 Å². The summed E-state index contributed by atoms with van der Waals surface area (Å²) in [6.07, 6.45) is 0. The van der Waals surface area contributed by atoms with Crippen LogP contribution in [-0.2, 0) is 6.54 Å². The molecule has 24 heavy (non-hydrogen) atoms. The molecule has 0 bridgehead atoms. The molecule has 0 saturated heterocycles. The molecule has 0 saturated carbocycles. The van der Waals surface area contributed by atoms with Gasteiger partial charge in [0.1, 0.15) is 11.6 Å². The number of rotatable bonds is 5. The number of ether oxygens (including phenoxy) is 1. The Hall–Kier alpha value is -2.35. The van der Waals surface area contributed by atoms with Crippen molar-refractivity contribution >= 4 is 40.9 Å². The number of fused-ring (bicyclic) bond motifs is 1. The van der Waals surface area contributed by atoms with Gasteiger partial charge < -0.3 is 20.1 Å². The van der Waals surface area contributed by atoms with E-state index < -0.39 is 7.12 Å². The molecule has 3 aromatic rings. The van der Waals surface area contributed by atoms with Gasteiger partial charge in [-0.3, -0.25) is 0 Å². The van der Waals surface area contributed by atoms with Gasteiger partial charge in [-0.05, 0) is 34.8 Å². The van der Waals surface area contributed by atoms with E-state index in [1.54, 1.807) is 25.3 Å². The second kappa shape index (κ2) is 7.04. The van der Waals surface area contributed by atoms with Crippen molar-refractivity contribution < 1.29 is 14.8 Å². The van der Waals surface area contributed by atoms with Crippen molar-refractivity contribution in [2.75, 3.05) is 12.4 Å². The average Bonchev–Trinajstić information content (AvgIpc) is 2.59. The first kappa shape index (κ1) is 16.5. The highest BCUT2D eigenvalue weighted by atomic mass is 35.5. The molecule has 0 aliphatic carbocycles. The number of halogens is 1. The zero-order chi connectivity index (χ0) is 17.1. The molecule has 0 aliphatic rings. The number of hydrogen-bond donors (Lipinski definition) is 3. The van der Waals surface area contributed by atoms with Crippen molar-refractivity contribution in [1.82, 2.24) is 9.97 Å². The monoisotopic (exact) mass is 343 g/mol. The van der Waals surface area contributed by atoms with Gasteiger partial charge in [-0.1, -0.05) is 24.3 Å². The smallest absolute Gasteiger partial charge is 0.488 e. The summed E-state index contributed by atoms with van der Waals surface area (Å²) in [4.78, 5) is 8.45. The molecule has 0 fully saturated rings. The van der Waals surface area contributed by atoms with E-state index in [1.807, 2.05) is 24.3 Å². The molecule has 122 valence electrons. The minimum Gasteiger partial charge on any atom is -0.497 e. The third-order valence-electron chi connectivity index (χ3n) is 3.61. The van der Waals surface area contributed by atoms with Crippen LogP contribution in [0.25, 0.3) is 10.9 Å². The molecule has 0 unspecified atom stereocenters.